The van der Waals surface area contributed by atoms with Gasteiger partial charge < -0.3 is 14.5 Å². The van der Waals surface area contributed by atoms with Gasteiger partial charge in [0.05, 0.1) is 6.61 Å². The SMILES string of the molecule is COCc1c(C(=O)NC[C@H](C)c2ccccc2)oc2ccccc12. The average molecular weight is 323 g/mol. The molecule has 1 amide bonds. The van der Waals surface area contributed by atoms with Crippen molar-refractivity contribution in [3.63, 3.8) is 0 Å². The highest BCUT2D eigenvalue weighted by atomic mass is 16.5. The molecule has 0 saturated carbocycles. The van der Waals surface area contributed by atoms with Crippen molar-refractivity contribution >= 4 is 16.9 Å². The second-order valence-electron chi connectivity index (χ2n) is 5.86. The Labute approximate surface area is 141 Å². The molecule has 0 aliphatic heterocycles. The second kappa shape index (κ2) is 7.32. The summed E-state index contributed by atoms with van der Waals surface area (Å²) in [6.45, 7) is 2.98. The Morgan fingerprint density at radius 1 is 1.12 bits per heavy atom. The molecule has 2 aromatic carbocycles. The van der Waals surface area contributed by atoms with E-state index < -0.39 is 0 Å². The number of furan rings is 1. The van der Waals surface area contributed by atoms with Crippen LogP contribution >= 0.6 is 0 Å². The zero-order valence-corrected chi connectivity index (χ0v) is 13.9. The summed E-state index contributed by atoms with van der Waals surface area (Å²) in [5.41, 5.74) is 2.68. The summed E-state index contributed by atoms with van der Waals surface area (Å²) in [7, 11) is 1.61. The summed E-state index contributed by atoms with van der Waals surface area (Å²) >= 11 is 0. The molecular formula is C20H21NO3. The molecule has 0 fully saturated rings. The van der Waals surface area contributed by atoms with Gasteiger partial charge in [-0.15, -0.1) is 0 Å². The van der Waals surface area contributed by atoms with E-state index in [0.717, 1.165) is 10.9 Å². The molecule has 124 valence electrons. The van der Waals surface area contributed by atoms with Crippen LogP contribution in [0, 0.1) is 0 Å². The number of rotatable bonds is 6. The van der Waals surface area contributed by atoms with Gasteiger partial charge in [0.15, 0.2) is 5.76 Å². The fourth-order valence-corrected chi connectivity index (χ4v) is 2.80. The first kappa shape index (κ1) is 16.3. The number of benzene rings is 2. The molecule has 0 aliphatic carbocycles. The van der Waals surface area contributed by atoms with Gasteiger partial charge in [-0.25, -0.2) is 0 Å². The van der Waals surface area contributed by atoms with Crippen molar-refractivity contribution in [2.45, 2.75) is 19.4 Å². The number of nitrogens with one attached hydrogen (secondary N) is 1. The molecule has 0 aliphatic rings. The Morgan fingerprint density at radius 2 is 1.83 bits per heavy atom. The van der Waals surface area contributed by atoms with Crippen LogP contribution in [0.2, 0.25) is 0 Å². The Bertz CT molecular complexity index is 823. The van der Waals surface area contributed by atoms with Gasteiger partial charge >= 0.3 is 0 Å². The predicted molar refractivity (Wildman–Crippen MR) is 94.1 cm³/mol. The van der Waals surface area contributed by atoms with Gasteiger partial charge in [0.25, 0.3) is 5.91 Å². The lowest BCUT2D eigenvalue weighted by molar-refractivity contribution is 0.0919. The first-order chi connectivity index (χ1) is 11.7. The van der Waals surface area contributed by atoms with Crippen LogP contribution in [-0.2, 0) is 11.3 Å². The molecule has 24 heavy (non-hydrogen) atoms. The van der Waals surface area contributed by atoms with E-state index in [4.69, 9.17) is 9.15 Å². The van der Waals surface area contributed by atoms with E-state index in [1.807, 2.05) is 42.5 Å². The monoisotopic (exact) mass is 323 g/mol. The molecule has 0 spiro atoms. The minimum absolute atomic E-state index is 0.207. The molecule has 0 radical (unpaired) electrons. The van der Waals surface area contributed by atoms with E-state index in [-0.39, 0.29) is 11.8 Å². The summed E-state index contributed by atoms with van der Waals surface area (Å²) in [6.07, 6.45) is 0. The predicted octanol–water partition coefficient (Wildman–Crippen LogP) is 4.11. The fraction of sp³-hybridized carbons (Fsp3) is 0.250. The normalized spacial score (nSPS) is 12.2. The highest BCUT2D eigenvalue weighted by Crippen LogP contribution is 2.26. The van der Waals surface area contributed by atoms with Gasteiger partial charge in [0, 0.05) is 24.6 Å². The third-order valence-electron chi connectivity index (χ3n) is 4.13. The second-order valence-corrected chi connectivity index (χ2v) is 5.86. The lowest BCUT2D eigenvalue weighted by Gasteiger charge is -2.12. The molecule has 3 rings (SSSR count). The third-order valence-corrected chi connectivity index (χ3v) is 4.13. The molecule has 4 nitrogen and oxygen atoms in total. The number of carbonyl (C=O) groups is 1. The molecule has 1 atom stereocenters. The Morgan fingerprint density at radius 3 is 2.58 bits per heavy atom. The lowest BCUT2D eigenvalue weighted by Crippen LogP contribution is -2.28. The van der Waals surface area contributed by atoms with Crippen molar-refractivity contribution in [2.75, 3.05) is 13.7 Å². The average Bonchev–Trinajstić information content (AvgIpc) is 2.99. The van der Waals surface area contributed by atoms with Crippen molar-refractivity contribution in [1.29, 1.82) is 0 Å². The molecular weight excluding hydrogens is 302 g/mol. The first-order valence-corrected chi connectivity index (χ1v) is 8.03. The van der Waals surface area contributed by atoms with E-state index in [1.165, 1.54) is 5.56 Å². The number of methoxy groups -OCH3 is 1. The van der Waals surface area contributed by atoms with Crippen LogP contribution in [0.25, 0.3) is 11.0 Å². The number of ether oxygens (including phenoxy) is 1. The van der Waals surface area contributed by atoms with Gasteiger partial charge in [0.2, 0.25) is 0 Å². The van der Waals surface area contributed by atoms with Crippen molar-refractivity contribution in [1.82, 2.24) is 5.32 Å². The van der Waals surface area contributed by atoms with E-state index in [1.54, 1.807) is 7.11 Å². The van der Waals surface area contributed by atoms with Gasteiger partial charge in [-0.3, -0.25) is 4.79 Å². The van der Waals surface area contributed by atoms with Crippen molar-refractivity contribution in [3.05, 3.63) is 71.5 Å². The van der Waals surface area contributed by atoms with Crippen molar-refractivity contribution in [2.24, 2.45) is 0 Å². The molecule has 4 heteroatoms. The number of hydrogen-bond donors (Lipinski definition) is 1. The number of amides is 1. The summed E-state index contributed by atoms with van der Waals surface area (Å²) in [5, 5.41) is 3.89. The van der Waals surface area contributed by atoms with Crippen LogP contribution in [0.15, 0.2) is 59.0 Å². The number of para-hydroxylation sites is 1. The highest BCUT2D eigenvalue weighted by molar-refractivity contribution is 5.99. The van der Waals surface area contributed by atoms with E-state index in [0.29, 0.717) is 24.5 Å². The maximum atomic E-state index is 12.6. The van der Waals surface area contributed by atoms with E-state index in [9.17, 15) is 4.79 Å². The maximum Gasteiger partial charge on any atom is 0.287 e. The molecule has 0 unspecified atom stereocenters. The summed E-state index contributed by atoms with van der Waals surface area (Å²) in [5.74, 6) is 0.352. The van der Waals surface area contributed by atoms with Crippen LogP contribution in [0.5, 0.6) is 0 Å². The minimum atomic E-state index is -0.207. The van der Waals surface area contributed by atoms with Crippen LogP contribution in [-0.4, -0.2) is 19.6 Å². The largest absolute Gasteiger partial charge is 0.451 e. The third kappa shape index (κ3) is 3.34. The Hall–Kier alpha value is -2.59. The van der Waals surface area contributed by atoms with Gasteiger partial charge in [-0.2, -0.15) is 0 Å². The van der Waals surface area contributed by atoms with Gasteiger partial charge in [0.1, 0.15) is 5.58 Å². The first-order valence-electron chi connectivity index (χ1n) is 8.03. The maximum absolute atomic E-state index is 12.6. The molecule has 0 bridgehead atoms. The topological polar surface area (TPSA) is 51.5 Å². The minimum Gasteiger partial charge on any atom is -0.451 e. The smallest absolute Gasteiger partial charge is 0.287 e. The number of fused-ring (bicyclic) bond motifs is 1. The fourth-order valence-electron chi connectivity index (χ4n) is 2.80. The van der Waals surface area contributed by atoms with E-state index in [2.05, 4.69) is 24.4 Å². The van der Waals surface area contributed by atoms with Crippen LogP contribution < -0.4 is 5.32 Å². The Balaban J connectivity index is 1.77. The van der Waals surface area contributed by atoms with Crippen molar-refractivity contribution in [3.8, 4) is 0 Å². The molecule has 0 saturated heterocycles. The molecule has 1 heterocycles. The zero-order valence-electron chi connectivity index (χ0n) is 13.9. The Kier molecular flexibility index (Phi) is 4.96. The molecule has 1 aromatic heterocycles. The van der Waals surface area contributed by atoms with Gasteiger partial charge in [-0.05, 0) is 17.5 Å². The summed E-state index contributed by atoms with van der Waals surface area (Å²) in [6, 6.07) is 17.7. The van der Waals surface area contributed by atoms with Crippen LogP contribution in [0.4, 0.5) is 0 Å². The van der Waals surface area contributed by atoms with Crippen molar-refractivity contribution < 1.29 is 13.9 Å². The van der Waals surface area contributed by atoms with Crippen LogP contribution in [0.3, 0.4) is 0 Å². The standard InChI is InChI=1S/C20H21NO3/c1-14(15-8-4-3-5-9-15)12-21-20(22)19-17(13-23-2)16-10-6-7-11-18(16)24-19/h3-11,14H,12-13H2,1-2H3,(H,21,22)/t14-/m0/s1. The summed E-state index contributed by atoms with van der Waals surface area (Å²) < 4.78 is 11.0. The zero-order chi connectivity index (χ0) is 16.9. The number of carbonyl (C=O) groups excluding carboxylic acids is 1. The van der Waals surface area contributed by atoms with Gasteiger partial charge in [-0.1, -0.05) is 55.5 Å². The molecule has 3 aromatic rings. The van der Waals surface area contributed by atoms with Crippen LogP contribution in [0.1, 0.15) is 34.5 Å². The lowest BCUT2D eigenvalue weighted by atomic mass is 10.0. The van der Waals surface area contributed by atoms with E-state index >= 15 is 0 Å². The quantitative estimate of drug-likeness (QED) is 0.742. The number of hydrogen-bond acceptors (Lipinski definition) is 3. The highest BCUT2D eigenvalue weighted by Gasteiger charge is 2.20. The summed E-state index contributed by atoms with van der Waals surface area (Å²) in [4.78, 5) is 12.6. The molecule has 1 N–H and O–H groups in total.